The van der Waals surface area contributed by atoms with Crippen LogP contribution >= 0.6 is 11.6 Å². The second kappa shape index (κ2) is 19.7. The molecule has 2 bridgehead atoms. The van der Waals surface area contributed by atoms with E-state index in [2.05, 4.69) is 9.82 Å². The van der Waals surface area contributed by atoms with Gasteiger partial charge in [-0.2, -0.15) is 0 Å². The van der Waals surface area contributed by atoms with E-state index in [1.54, 1.807) is 36.4 Å². The topological polar surface area (TPSA) is 143 Å². The van der Waals surface area contributed by atoms with Crippen LogP contribution in [0.5, 0.6) is 17.4 Å². The van der Waals surface area contributed by atoms with Crippen LogP contribution in [0, 0.1) is 28.7 Å². The number of methoxy groups -OCH3 is 1. The van der Waals surface area contributed by atoms with Crippen molar-refractivity contribution in [2.24, 2.45) is 0 Å². The Bertz CT molecular complexity index is 2270. The lowest BCUT2D eigenvalue weighted by Gasteiger charge is -2.38. The summed E-state index contributed by atoms with van der Waals surface area (Å²) in [6.45, 7) is 3.08. The summed E-state index contributed by atoms with van der Waals surface area (Å²) in [6.07, 6.45) is 6.21. The summed E-state index contributed by atoms with van der Waals surface area (Å²) >= 11 is 5.92. The van der Waals surface area contributed by atoms with Crippen LogP contribution in [0.1, 0.15) is 72.8 Å². The smallest absolute Gasteiger partial charge is 0.416 e. The molecule has 2 atom stereocenters. The molecule has 61 heavy (non-hydrogen) atoms. The summed E-state index contributed by atoms with van der Waals surface area (Å²) in [6, 6.07) is 17.3. The lowest BCUT2D eigenvalue weighted by molar-refractivity contribution is -0.763. The molecule has 2 amide bonds. The number of carbonyl (C=O) groups is 2. The Kier molecular flexibility index (Phi) is 14.0. The molecule has 1 aliphatic carbocycles. The van der Waals surface area contributed by atoms with Crippen LogP contribution in [0.3, 0.4) is 0 Å². The molecule has 0 N–H and O–H groups in total. The fraction of sp³-hybridized carbons (Fsp3) is 0.400. The number of rotatable bonds is 19. The van der Waals surface area contributed by atoms with Crippen molar-refractivity contribution in [1.82, 2.24) is 14.8 Å². The number of amides is 2. The maximum atomic E-state index is 15.2. The highest BCUT2D eigenvalue weighted by atomic mass is 35.5. The number of hydrogen-bond donors (Lipinski definition) is 0. The number of nitrogens with zero attached hydrogens (tertiary/aromatic N) is 4. The highest BCUT2D eigenvalue weighted by molar-refractivity contribution is 6.32. The fourth-order valence-electron chi connectivity index (χ4n) is 8.01. The first-order chi connectivity index (χ1) is 29.5. The second-order valence-corrected chi connectivity index (χ2v) is 15.7. The van der Waals surface area contributed by atoms with Gasteiger partial charge in [-0.05, 0) is 110 Å². The predicted molar refractivity (Wildman–Crippen MR) is 221 cm³/mol. The molecule has 7 rings (SSSR count). The standard InChI is InChI=1S/C45H47ClF2N4O9/c1-28-32(19-20-49-43(28)59-23-5-21-57-2)26-50(33-13-14-33)44(53)40-36(31-11-9-29(10-12-31)7-4-22-58-42-38(48)17-16-37(47)41(42)46)25-34-15-18-39(40)51(34)45(54)61-35-8-3-6-30(24-35)27-60-52(55)56/h3,6,8-12,16-17,19-20,24,33-34,39H,4-5,7,13-15,18,21-23,25-27H2,1-2H3/t34-,39+/m1/s1. The number of carbonyl (C=O) groups excluding carboxylic acids is 2. The summed E-state index contributed by atoms with van der Waals surface area (Å²) in [5.74, 6) is -1.25. The normalized spacial score (nSPS) is 17.0. The quantitative estimate of drug-likeness (QED) is 0.0389. The number of aromatic nitrogens is 1. The van der Waals surface area contributed by atoms with E-state index in [-0.39, 0.29) is 42.7 Å². The molecule has 1 saturated carbocycles. The van der Waals surface area contributed by atoms with Gasteiger partial charge in [0, 0.05) is 56.1 Å². The SMILES string of the molecule is COCCCOc1nccc(CN(C(=O)C2=C(c3ccc(CCCOc4c(F)ccc(F)c4Cl)cc3)C[C@H]3CC[C@@H]2N3C(=O)Oc2cccc(CO[N+](=O)[O-])c2)C2CC2)c1C. The van der Waals surface area contributed by atoms with Gasteiger partial charge in [0.15, 0.2) is 11.6 Å². The average Bonchev–Trinajstić information content (AvgIpc) is 4.05. The maximum absolute atomic E-state index is 15.2. The lowest BCUT2D eigenvalue weighted by Crippen LogP contribution is -2.50. The monoisotopic (exact) mass is 860 g/mol. The van der Waals surface area contributed by atoms with Crippen LogP contribution in [-0.2, 0) is 33.9 Å². The van der Waals surface area contributed by atoms with Gasteiger partial charge in [-0.1, -0.05) is 48.0 Å². The van der Waals surface area contributed by atoms with Gasteiger partial charge < -0.3 is 28.7 Å². The Morgan fingerprint density at radius 3 is 2.48 bits per heavy atom. The molecule has 16 heteroatoms. The Morgan fingerprint density at radius 2 is 1.72 bits per heavy atom. The number of ether oxygens (including phenoxy) is 4. The summed E-state index contributed by atoms with van der Waals surface area (Å²) < 4.78 is 50.6. The van der Waals surface area contributed by atoms with Crippen LogP contribution in [-0.4, -0.2) is 76.9 Å². The molecule has 13 nitrogen and oxygen atoms in total. The minimum Gasteiger partial charge on any atom is -0.489 e. The number of halogens is 3. The van der Waals surface area contributed by atoms with Crippen molar-refractivity contribution in [1.29, 1.82) is 0 Å². The van der Waals surface area contributed by atoms with Gasteiger partial charge in [-0.15, -0.1) is 10.1 Å². The lowest BCUT2D eigenvalue weighted by atomic mass is 9.87. The number of pyridine rings is 1. The number of hydrogen-bond acceptors (Lipinski definition) is 10. The number of benzene rings is 3. The van der Waals surface area contributed by atoms with Crippen LogP contribution < -0.4 is 14.2 Å². The maximum Gasteiger partial charge on any atom is 0.416 e. The van der Waals surface area contributed by atoms with Gasteiger partial charge in [0.05, 0.1) is 19.3 Å². The zero-order chi connectivity index (χ0) is 43.0. The molecule has 3 aromatic carbocycles. The number of aryl methyl sites for hydroxylation is 1. The minimum atomic E-state index is -0.884. The van der Waals surface area contributed by atoms with E-state index in [9.17, 15) is 23.7 Å². The van der Waals surface area contributed by atoms with E-state index in [4.69, 9.17) is 30.5 Å². The zero-order valence-electron chi connectivity index (χ0n) is 33.9. The molecule has 2 fully saturated rings. The number of fused-ring (bicyclic) bond motifs is 2. The molecule has 0 radical (unpaired) electrons. The highest BCUT2D eigenvalue weighted by Gasteiger charge is 2.49. The largest absolute Gasteiger partial charge is 0.489 e. The van der Waals surface area contributed by atoms with Gasteiger partial charge in [-0.3, -0.25) is 9.69 Å². The van der Waals surface area contributed by atoms with E-state index in [0.29, 0.717) is 75.3 Å². The molecule has 0 unspecified atom stereocenters. The third kappa shape index (κ3) is 10.4. The molecule has 1 aromatic heterocycles. The summed E-state index contributed by atoms with van der Waals surface area (Å²) in [7, 11) is 1.64. The third-order valence-electron chi connectivity index (χ3n) is 11.2. The molecular weight excluding hydrogens is 814 g/mol. The fourth-order valence-corrected chi connectivity index (χ4v) is 8.22. The van der Waals surface area contributed by atoms with Gasteiger partial charge in [0.2, 0.25) is 5.88 Å². The molecule has 3 aliphatic rings. The van der Waals surface area contributed by atoms with Crippen molar-refractivity contribution in [3.63, 3.8) is 0 Å². The average molecular weight is 861 g/mol. The van der Waals surface area contributed by atoms with Crippen LogP contribution in [0.15, 0.2) is 78.5 Å². The second-order valence-electron chi connectivity index (χ2n) is 15.3. The first kappa shape index (κ1) is 43.3. The molecule has 4 aromatic rings. The first-order valence-electron chi connectivity index (χ1n) is 20.3. The predicted octanol–water partition coefficient (Wildman–Crippen LogP) is 8.84. The van der Waals surface area contributed by atoms with Crippen LogP contribution in [0.25, 0.3) is 5.57 Å². The molecule has 1 saturated heterocycles. The molecular formula is C45H47ClF2N4O9. The van der Waals surface area contributed by atoms with E-state index in [1.165, 1.54) is 6.07 Å². The van der Waals surface area contributed by atoms with Gasteiger partial charge in [0.25, 0.3) is 11.0 Å². The van der Waals surface area contributed by atoms with Gasteiger partial charge in [0.1, 0.15) is 23.2 Å². The Hall–Kier alpha value is -5.80. The molecule has 0 spiro atoms. The molecule has 3 heterocycles. The van der Waals surface area contributed by atoms with Crippen molar-refractivity contribution in [2.75, 3.05) is 26.9 Å². The highest BCUT2D eigenvalue weighted by Crippen LogP contribution is 2.45. The van der Waals surface area contributed by atoms with Crippen LogP contribution in [0.4, 0.5) is 13.6 Å². The van der Waals surface area contributed by atoms with Crippen molar-refractivity contribution >= 4 is 29.2 Å². The van der Waals surface area contributed by atoms with E-state index < -0.39 is 33.9 Å². The van der Waals surface area contributed by atoms with Crippen molar-refractivity contribution < 1.29 is 47.2 Å². The molecule has 322 valence electrons. The summed E-state index contributed by atoms with van der Waals surface area (Å²) in [5.41, 5.74) is 5.47. The first-order valence-corrected chi connectivity index (χ1v) is 20.7. The Balaban J connectivity index is 1.15. The van der Waals surface area contributed by atoms with Crippen molar-refractivity contribution in [3.05, 3.63) is 133 Å². The van der Waals surface area contributed by atoms with E-state index in [1.807, 2.05) is 42.2 Å². The van der Waals surface area contributed by atoms with Crippen molar-refractivity contribution in [3.8, 4) is 17.4 Å². The summed E-state index contributed by atoms with van der Waals surface area (Å²) in [4.78, 5) is 52.6. The Labute approximate surface area is 357 Å². The minimum absolute atomic E-state index is 0.0175. The van der Waals surface area contributed by atoms with Crippen LogP contribution in [0.2, 0.25) is 5.02 Å². The third-order valence-corrected chi connectivity index (χ3v) is 11.6. The van der Waals surface area contributed by atoms with Gasteiger partial charge in [-0.25, -0.2) is 18.6 Å². The van der Waals surface area contributed by atoms with Crippen molar-refractivity contribution in [2.45, 2.75) is 89.6 Å². The zero-order valence-corrected chi connectivity index (χ0v) is 34.7. The van der Waals surface area contributed by atoms with E-state index in [0.717, 1.165) is 52.8 Å². The Morgan fingerprint density at radius 1 is 0.951 bits per heavy atom. The van der Waals surface area contributed by atoms with E-state index >= 15 is 4.79 Å². The van der Waals surface area contributed by atoms with Gasteiger partial charge >= 0.3 is 6.09 Å². The molecule has 2 aliphatic heterocycles. The summed E-state index contributed by atoms with van der Waals surface area (Å²) in [5, 5.41) is 9.50.